The van der Waals surface area contributed by atoms with Gasteiger partial charge in [0.25, 0.3) is 0 Å². The Balaban J connectivity index is 1.99. The molecule has 1 atom stereocenters. The zero-order valence-corrected chi connectivity index (χ0v) is 11.9. The van der Waals surface area contributed by atoms with Crippen LogP contribution in [0.3, 0.4) is 0 Å². The van der Waals surface area contributed by atoms with Crippen molar-refractivity contribution < 1.29 is 4.42 Å². The molecule has 0 radical (unpaired) electrons. The third-order valence-electron chi connectivity index (χ3n) is 3.27. The SMILES string of the molecule is Cc1ccc(C(C)Nc2nc(NN)nc3ccccc23)o1. The zero-order chi connectivity index (χ0) is 14.8. The minimum atomic E-state index is -0.0115. The van der Waals surface area contributed by atoms with Gasteiger partial charge in [-0.25, -0.2) is 10.8 Å². The van der Waals surface area contributed by atoms with E-state index in [-0.39, 0.29) is 6.04 Å². The number of hydrazine groups is 1. The van der Waals surface area contributed by atoms with Crippen molar-refractivity contribution in [3.63, 3.8) is 0 Å². The summed E-state index contributed by atoms with van der Waals surface area (Å²) in [6, 6.07) is 11.7. The second-order valence-corrected chi connectivity index (χ2v) is 4.87. The Labute approximate surface area is 122 Å². The monoisotopic (exact) mass is 283 g/mol. The van der Waals surface area contributed by atoms with E-state index in [1.54, 1.807) is 0 Å². The van der Waals surface area contributed by atoms with E-state index < -0.39 is 0 Å². The lowest BCUT2D eigenvalue weighted by Crippen LogP contribution is -2.13. The minimum absolute atomic E-state index is 0.0115. The van der Waals surface area contributed by atoms with Crippen LogP contribution >= 0.6 is 0 Å². The third-order valence-corrected chi connectivity index (χ3v) is 3.27. The number of nitrogens with zero attached hydrogens (tertiary/aromatic N) is 2. The summed E-state index contributed by atoms with van der Waals surface area (Å²) in [7, 11) is 0. The molecular formula is C15H17N5O. The predicted octanol–water partition coefficient (Wildman–Crippen LogP) is 2.99. The van der Waals surface area contributed by atoms with Crippen molar-refractivity contribution in [2.24, 2.45) is 5.84 Å². The van der Waals surface area contributed by atoms with Gasteiger partial charge in [0.15, 0.2) is 0 Å². The van der Waals surface area contributed by atoms with Crippen LogP contribution in [0.25, 0.3) is 10.9 Å². The van der Waals surface area contributed by atoms with Crippen LogP contribution in [0.15, 0.2) is 40.8 Å². The van der Waals surface area contributed by atoms with Gasteiger partial charge in [0.1, 0.15) is 17.3 Å². The number of aromatic nitrogens is 2. The summed E-state index contributed by atoms with van der Waals surface area (Å²) >= 11 is 0. The molecule has 2 aromatic heterocycles. The number of hydrogen-bond donors (Lipinski definition) is 3. The summed E-state index contributed by atoms with van der Waals surface area (Å²) in [5.41, 5.74) is 3.32. The fourth-order valence-corrected chi connectivity index (χ4v) is 2.21. The first-order chi connectivity index (χ1) is 10.2. The Morgan fingerprint density at radius 3 is 2.67 bits per heavy atom. The van der Waals surface area contributed by atoms with Gasteiger partial charge in [0.05, 0.1) is 11.6 Å². The quantitative estimate of drug-likeness (QED) is 0.504. The number of nitrogens with two attached hydrogens (primary N) is 1. The maximum absolute atomic E-state index is 5.64. The van der Waals surface area contributed by atoms with Gasteiger partial charge in [0, 0.05) is 5.39 Å². The van der Waals surface area contributed by atoms with Gasteiger partial charge in [-0.3, -0.25) is 5.43 Å². The van der Waals surface area contributed by atoms with Crippen LogP contribution in [-0.2, 0) is 0 Å². The Bertz CT molecular complexity index is 768. The molecule has 3 rings (SSSR count). The highest BCUT2D eigenvalue weighted by Crippen LogP contribution is 2.26. The fourth-order valence-electron chi connectivity index (χ4n) is 2.21. The zero-order valence-electron chi connectivity index (χ0n) is 11.9. The Morgan fingerprint density at radius 1 is 1.14 bits per heavy atom. The van der Waals surface area contributed by atoms with Crippen molar-refractivity contribution in [2.45, 2.75) is 19.9 Å². The molecule has 4 N–H and O–H groups in total. The van der Waals surface area contributed by atoms with Crippen LogP contribution in [-0.4, -0.2) is 9.97 Å². The van der Waals surface area contributed by atoms with Crippen LogP contribution in [0, 0.1) is 6.92 Å². The largest absolute Gasteiger partial charge is 0.464 e. The average molecular weight is 283 g/mol. The maximum Gasteiger partial charge on any atom is 0.239 e. The number of hydrogen-bond acceptors (Lipinski definition) is 6. The topological polar surface area (TPSA) is 89.0 Å². The van der Waals surface area contributed by atoms with E-state index in [9.17, 15) is 0 Å². The molecule has 21 heavy (non-hydrogen) atoms. The van der Waals surface area contributed by atoms with Crippen molar-refractivity contribution in [1.29, 1.82) is 0 Å². The van der Waals surface area contributed by atoms with Gasteiger partial charge < -0.3 is 9.73 Å². The third kappa shape index (κ3) is 2.66. The highest BCUT2D eigenvalue weighted by molar-refractivity contribution is 5.90. The number of aryl methyl sites for hydroxylation is 1. The standard InChI is InChI=1S/C15H17N5O/c1-9-7-8-13(21-9)10(2)17-14-11-5-3-4-6-12(11)18-15(19-14)20-16/h3-8,10H,16H2,1-2H3,(H2,17,18,19,20). The van der Waals surface area contributed by atoms with Crippen LogP contribution in [0.2, 0.25) is 0 Å². The number of fused-ring (bicyclic) bond motifs is 1. The molecule has 3 aromatic rings. The van der Waals surface area contributed by atoms with E-state index in [1.807, 2.05) is 50.2 Å². The number of para-hydroxylation sites is 1. The lowest BCUT2D eigenvalue weighted by atomic mass is 10.2. The molecule has 1 unspecified atom stereocenters. The number of rotatable bonds is 4. The van der Waals surface area contributed by atoms with Gasteiger partial charge in [0.2, 0.25) is 5.95 Å². The Kier molecular flexibility index (Phi) is 3.45. The number of benzene rings is 1. The molecule has 1 aromatic carbocycles. The van der Waals surface area contributed by atoms with E-state index >= 15 is 0 Å². The molecule has 0 spiro atoms. The summed E-state index contributed by atoms with van der Waals surface area (Å²) in [6.07, 6.45) is 0. The lowest BCUT2D eigenvalue weighted by molar-refractivity contribution is 0.466. The molecule has 6 nitrogen and oxygen atoms in total. The van der Waals surface area contributed by atoms with Crippen molar-refractivity contribution in [3.05, 3.63) is 47.9 Å². The average Bonchev–Trinajstić information content (AvgIpc) is 2.93. The molecule has 0 aliphatic carbocycles. The van der Waals surface area contributed by atoms with Gasteiger partial charge in [-0.15, -0.1) is 0 Å². The van der Waals surface area contributed by atoms with Crippen LogP contribution < -0.4 is 16.6 Å². The molecule has 0 fully saturated rings. The highest BCUT2D eigenvalue weighted by atomic mass is 16.3. The van der Waals surface area contributed by atoms with Crippen molar-refractivity contribution in [1.82, 2.24) is 9.97 Å². The summed E-state index contributed by atoms with van der Waals surface area (Å²) in [6.45, 7) is 3.94. The van der Waals surface area contributed by atoms with E-state index in [4.69, 9.17) is 10.3 Å². The molecule has 0 aliphatic heterocycles. The van der Waals surface area contributed by atoms with Gasteiger partial charge in [-0.2, -0.15) is 4.98 Å². The normalized spacial score (nSPS) is 12.3. The molecular weight excluding hydrogens is 266 g/mol. The molecule has 2 heterocycles. The second kappa shape index (κ2) is 5.41. The predicted molar refractivity (Wildman–Crippen MR) is 82.8 cm³/mol. The maximum atomic E-state index is 5.64. The molecule has 0 amide bonds. The van der Waals surface area contributed by atoms with Crippen molar-refractivity contribution >= 4 is 22.7 Å². The fraction of sp³-hybridized carbons (Fsp3) is 0.200. The van der Waals surface area contributed by atoms with Crippen LogP contribution in [0.1, 0.15) is 24.5 Å². The first kappa shape index (κ1) is 13.4. The summed E-state index contributed by atoms with van der Waals surface area (Å²) in [4.78, 5) is 8.72. The highest BCUT2D eigenvalue weighted by Gasteiger charge is 2.13. The number of furan rings is 1. The number of anilines is 2. The van der Waals surface area contributed by atoms with E-state index in [2.05, 4.69) is 20.7 Å². The van der Waals surface area contributed by atoms with E-state index in [0.717, 1.165) is 28.2 Å². The smallest absolute Gasteiger partial charge is 0.239 e. The number of nitrogens with one attached hydrogen (secondary N) is 2. The molecule has 108 valence electrons. The van der Waals surface area contributed by atoms with Crippen LogP contribution in [0.5, 0.6) is 0 Å². The van der Waals surface area contributed by atoms with Gasteiger partial charge >= 0.3 is 0 Å². The number of nitrogen functional groups attached to an aromatic ring is 1. The van der Waals surface area contributed by atoms with Crippen LogP contribution in [0.4, 0.5) is 11.8 Å². The molecule has 0 aliphatic rings. The van der Waals surface area contributed by atoms with E-state index in [0.29, 0.717) is 5.95 Å². The van der Waals surface area contributed by atoms with Crippen molar-refractivity contribution in [2.75, 3.05) is 10.7 Å². The van der Waals surface area contributed by atoms with Gasteiger partial charge in [-0.05, 0) is 38.1 Å². The van der Waals surface area contributed by atoms with Crippen molar-refractivity contribution in [3.8, 4) is 0 Å². The minimum Gasteiger partial charge on any atom is -0.464 e. The van der Waals surface area contributed by atoms with Gasteiger partial charge in [-0.1, -0.05) is 12.1 Å². The molecule has 0 saturated carbocycles. The lowest BCUT2D eigenvalue weighted by Gasteiger charge is -2.15. The first-order valence-electron chi connectivity index (χ1n) is 6.73. The summed E-state index contributed by atoms with van der Waals surface area (Å²) in [5.74, 6) is 8.27. The summed E-state index contributed by atoms with van der Waals surface area (Å²) < 4.78 is 5.64. The molecule has 6 heteroatoms. The van der Waals surface area contributed by atoms with E-state index in [1.165, 1.54) is 0 Å². The molecule has 0 bridgehead atoms. The Morgan fingerprint density at radius 2 is 1.95 bits per heavy atom. The second-order valence-electron chi connectivity index (χ2n) is 4.87. The Hall–Kier alpha value is -2.60. The first-order valence-corrected chi connectivity index (χ1v) is 6.73. The summed E-state index contributed by atoms with van der Waals surface area (Å²) in [5, 5.41) is 4.29. The molecule has 0 saturated heterocycles.